The molecule has 3 rings (SSSR count). The SMILES string of the molecule is C=CCC1=CC2(OC)C(=C(OC)C1=O)OC(c1ccc(OC)c(OC)c1)C2C. The Morgan fingerprint density at radius 2 is 1.86 bits per heavy atom. The smallest absolute Gasteiger partial charge is 0.227 e. The van der Waals surface area contributed by atoms with Crippen LogP contribution in [0, 0.1) is 5.92 Å². The van der Waals surface area contributed by atoms with Crippen molar-refractivity contribution in [2.45, 2.75) is 25.0 Å². The van der Waals surface area contributed by atoms with Gasteiger partial charge in [0, 0.05) is 18.6 Å². The second-order valence-corrected chi connectivity index (χ2v) is 6.79. The third-order valence-corrected chi connectivity index (χ3v) is 5.47. The number of hydrogen-bond donors (Lipinski definition) is 0. The van der Waals surface area contributed by atoms with E-state index in [2.05, 4.69) is 6.58 Å². The summed E-state index contributed by atoms with van der Waals surface area (Å²) >= 11 is 0. The molecule has 3 unspecified atom stereocenters. The van der Waals surface area contributed by atoms with Crippen LogP contribution in [0.25, 0.3) is 0 Å². The van der Waals surface area contributed by atoms with E-state index in [1.165, 1.54) is 7.11 Å². The van der Waals surface area contributed by atoms with Crippen molar-refractivity contribution in [3.8, 4) is 11.5 Å². The van der Waals surface area contributed by atoms with Gasteiger partial charge in [0.15, 0.2) is 22.9 Å². The van der Waals surface area contributed by atoms with Gasteiger partial charge < -0.3 is 23.7 Å². The molecule has 1 saturated heterocycles. The van der Waals surface area contributed by atoms with Crippen molar-refractivity contribution in [1.82, 2.24) is 0 Å². The Morgan fingerprint density at radius 1 is 1.14 bits per heavy atom. The van der Waals surface area contributed by atoms with Crippen molar-refractivity contribution in [3.05, 3.63) is 59.6 Å². The van der Waals surface area contributed by atoms with Crippen molar-refractivity contribution in [3.63, 3.8) is 0 Å². The van der Waals surface area contributed by atoms with Gasteiger partial charge in [0.25, 0.3) is 0 Å². The third-order valence-electron chi connectivity index (χ3n) is 5.47. The molecule has 1 heterocycles. The van der Waals surface area contributed by atoms with Crippen molar-refractivity contribution >= 4 is 5.78 Å². The van der Waals surface area contributed by atoms with Gasteiger partial charge in [-0.3, -0.25) is 4.79 Å². The van der Waals surface area contributed by atoms with E-state index in [0.717, 1.165) is 5.56 Å². The molecular formula is C22H26O6. The quantitative estimate of drug-likeness (QED) is 0.665. The van der Waals surface area contributed by atoms with Crippen molar-refractivity contribution in [1.29, 1.82) is 0 Å². The van der Waals surface area contributed by atoms with E-state index in [1.807, 2.05) is 31.2 Å². The lowest BCUT2D eigenvalue weighted by atomic mass is 9.78. The molecule has 0 bridgehead atoms. The molecule has 0 amide bonds. The van der Waals surface area contributed by atoms with Gasteiger partial charge in [0.2, 0.25) is 11.5 Å². The number of ketones is 1. The lowest BCUT2D eigenvalue weighted by molar-refractivity contribution is -0.116. The van der Waals surface area contributed by atoms with Gasteiger partial charge >= 0.3 is 0 Å². The van der Waals surface area contributed by atoms with E-state index >= 15 is 0 Å². The normalized spacial score (nSPS) is 26.3. The molecule has 0 spiro atoms. The van der Waals surface area contributed by atoms with Gasteiger partial charge in [-0.25, -0.2) is 0 Å². The molecule has 2 aliphatic rings. The number of ether oxygens (including phenoxy) is 5. The van der Waals surface area contributed by atoms with E-state index in [0.29, 0.717) is 29.3 Å². The molecule has 0 saturated carbocycles. The maximum absolute atomic E-state index is 12.8. The van der Waals surface area contributed by atoms with Crippen LogP contribution < -0.4 is 9.47 Å². The second-order valence-electron chi connectivity index (χ2n) is 6.79. The topological polar surface area (TPSA) is 63.2 Å². The Hall–Kier alpha value is -2.73. The minimum atomic E-state index is -0.893. The minimum Gasteiger partial charge on any atom is -0.493 e. The molecule has 0 radical (unpaired) electrons. The van der Waals surface area contributed by atoms with Crippen LogP contribution in [0.3, 0.4) is 0 Å². The molecule has 1 aliphatic heterocycles. The van der Waals surface area contributed by atoms with Crippen molar-refractivity contribution in [2.75, 3.05) is 28.4 Å². The summed E-state index contributed by atoms with van der Waals surface area (Å²) in [4.78, 5) is 12.8. The first-order valence-electron chi connectivity index (χ1n) is 9.07. The number of hydrogen-bond acceptors (Lipinski definition) is 6. The molecule has 150 valence electrons. The van der Waals surface area contributed by atoms with Crippen LogP contribution in [0.4, 0.5) is 0 Å². The summed E-state index contributed by atoms with van der Waals surface area (Å²) in [6, 6.07) is 5.64. The Bertz CT molecular complexity index is 853. The number of Topliss-reactive ketones (excluding diaryl/α,β-unsaturated/α-hetero) is 1. The van der Waals surface area contributed by atoms with Crippen molar-refractivity contribution < 1.29 is 28.5 Å². The van der Waals surface area contributed by atoms with E-state index in [9.17, 15) is 4.79 Å². The summed E-state index contributed by atoms with van der Waals surface area (Å²) in [7, 11) is 6.26. The molecule has 1 aromatic carbocycles. The largest absolute Gasteiger partial charge is 0.493 e. The molecule has 1 aliphatic carbocycles. The number of carbonyl (C=O) groups excluding carboxylic acids is 1. The second kappa shape index (κ2) is 7.72. The molecule has 1 fully saturated rings. The van der Waals surface area contributed by atoms with E-state index in [-0.39, 0.29) is 23.6 Å². The van der Waals surface area contributed by atoms with E-state index in [4.69, 9.17) is 23.7 Å². The molecule has 0 aromatic heterocycles. The monoisotopic (exact) mass is 386 g/mol. The zero-order valence-electron chi connectivity index (χ0n) is 16.9. The number of carbonyl (C=O) groups is 1. The highest BCUT2D eigenvalue weighted by Gasteiger charge is 2.56. The summed E-state index contributed by atoms with van der Waals surface area (Å²) in [5.74, 6) is 1.50. The number of fused-ring (bicyclic) bond motifs is 1. The molecule has 3 atom stereocenters. The first-order valence-corrected chi connectivity index (χ1v) is 9.07. The first-order chi connectivity index (χ1) is 13.5. The average Bonchev–Trinajstić information content (AvgIpc) is 3.01. The van der Waals surface area contributed by atoms with Crippen LogP contribution in [-0.4, -0.2) is 39.8 Å². The predicted octanol–water partition coefficient (Wildman–Crippen LogP) is 3.74. The van der Waals surface area contributed by atoms with Gasteiger partial charge in [-0.15, -0.1) is 6.58 Å². The third kappa shape index (κ3) is 2.88. The molecular weight excluding hydrogens is 360 g/mol. The van der Waals surface area contributed by atoms with E-state index in [1.54, 1.807) is 27.4 Å². The summed E-state index contributed by atoms with van der Waals surface area (Å²) in [5, 5.41) is 0. The lowest BCUT2D eigenvalue weighted by Crippen LogP contribution is -2.40. The molecule has 28 heavy (non-hydrogen) atoms. The highest BCUT2D eigenvalue weighted by Crippen LogP contribution is 2.54. The zero-order valence-corrected chi connectivity index (χ0v) is 16.9. The Labute approximate surface area is 165 Å². The maximum Gasteiger partial charge on any atom is 0.227 e. The summed E-state index contributed by atoms with van der Waals surface area (Å²) in [5.41, 5.74) is 0.584. The standard InChI is InChI=1S/C22H26O6/c1-7-8-15-12-22(27-6)13(2)19(28-21(22)20(26-5)18(15)23)14-9-10-16(24-3)17(11-14)25-4/h7,9-13,19H,1,8H2,2-6H3. The average molecular weight is 386 g/mol. The molecule has 1 aromatic rings. The maximum atomic E-state index is 12.8. The molecule has 0 N–H and O–H groups in total. The zero-order chi connectivity index (χ0) is 20.5. The fraction of sp³-hybridized carbons (Fsp3) is 0.409. The summed E-state index contributed by atoms with van der Waals surface area (Å²) in [6.07, 6.45) is 3.61. The number of rotatable bonds is 7. The van der Waals surface area contributed by atoms with Gasteiger partial charge in [-0.05, 0) is 30.2 Å². The van der Waals surface area contributed by atoms with Crippen molar-refractivity contribution in [2.24, 2.45) is 5.92 Å². The van der Waals surface area contributed by atoms with Gasteiger partial charge in [-0.1, -0.05) is 19.1 Å². The van der Waals surface area contributed by atoms with Gasteiger partial charge in [0.05, 0.1) is 21.3 Å². The van der Waals surface area contributed by atoms with Crippen LogP contribution in [0.2, 0.25) is 0 Å². The fourth-order valence-corrected chi connectivity index (χ4v) is 3.97. The van der Waals surface area contributed by atoms with Gasteiger partial charge in [0.1, 0.15) is 6.10 Å². The highest BCUT2D eigenvalue weighted by atomic mass is 16.6. The van der Waals surface area contributed by atoms with Crippen LogP contribution in [-0.2, 0) is 19.0 Å². The Morgan fingerprint density at radius 3 is 2.43 bits per heavy atom. The lowest BCUT2D eigenvalue weighted by Gasteiger charge is -2.32. The minimum absolute atomic E-state index is 0.122. The van der Waals surface area contributed by atoms with E-state index < -0.39 is 5.60 Å². The number of methoxy groups -OCH3 is 4. The molecule has 6 heteroatoms. The number of benzene rings is 1. The Kier molecular flexibility index (Phi) is 5.52. The van der Waals surface area contributed by atoms with Crippen LogP contribution in [0.15, 0.2) is 54.0 Å². The first kappa shape index (κ1) is 20.0. The Balaban J connectivity index is 2.12. The highest BCUT2D eigenvalue weighted by molar-refractivity contribution is 6.09. The summed E-state index contributed by atoms with van der Waals surface area (Å²) in [6.45, 7) is 5.77. The van der Waals surface area contributed by atoms with Gasteiger partial charge in [-0.2, -0.15) is 0 Å². The summed E-state index contributed by atoms with van der Waals surface area (Å²) < 4.78 is 28.4. The predicted molar refractivity (Wildman–Crippen MR) is 104 cm³/mol. The molecule has 6 nitrogen and oxygen atoms in total. The van der Waals surface area contributed by atoms with Crippen LogP contribution >= 0.6 is 0 Å². The van der Waals surface area contributed by atoms with Crippen LogP contribution in [0.5, 0.6) is 11.5 Å². The van der Waals surface area contributed by atoms with Crippen LogP contribution in [0.1, 0.15) is 25.0 Å². The number of allylic oxidation sites excluding steroid dienone is 2. The fourth-order valence-electron chi connectivity index (χ4n) is 3.97.